The van der Waals surface area contributed by atoms with Crippen LogP contribution in [0.25, 0.3) is 0 Å². The minimum atomic E-state index is -1.77. The fourth-order valence-corrected chi connectivity index (χ4v) is 4.48. The van der Waals surface area contributed by atoms with E-state index in [2.05, 4.69) is 0 Å². The van der Waals surface area contributed by atoms with Crippen LogP contribution in [0.3, 0.4) is 0 Å². The van der Waals surface area contributed by atoms with Gasteiger partial charge in [0.25, 0.3) is 0 Å². The first-order chi connectivity index (χ1) is 19.4. The number of carbonyl (C=O) groups excluding carboxylic acids is 5. The monoisotopic (exact) mass is 600 g/mol. The first-order valence-electron chi connectivity index (χ1n) is 15.1. The Balaban J connectivity index is 3.74. The Kier molecular flexibility index (Phi) is 15.5. The molecule has 11 heteroatoms. The van der Waals surface area contributed by atoms with E-state index in [0.29, 0.717) is 0 Å². The molecule has 0 aromatic rings. The number of hydrogen-bond acceptors (Lipinski definition) is 11. The summed E-state index contributed by atoms with van der Waals surface area (Å²) in [5, 5.41) is 11.5. The molecule has 1 rings (SSSR count). The van der Waals surface area contributed by atoms with Crippen LogP contribution in [0.15, 0.2) is 0 Å². The summed E-state index contributed by atoms with van der Waals surface area (Å²) < 4.78 is 28.6. The van der Waals surface area contributed by atoms with Gasteiger partial charge in [-0.1, -0.05) is 69.2 Å². The second kappa shape index (κ2) is 17.4. The van der Waals surface area contributed by atoms with Gasteiger partial charge in [0.1, 0.15) is 6.10 Å². The number of aliphatic hydroxyl groups excluding tert-OH is 1. The fourth-order valence-electron chi connectivity index (χ4n) is 4.48. The van der Waals surface area contributed by atoms with Gasteiger partial charge in [-0.3, -0.25) is 24.0 Å². The van der Waals surface area contributed by atoms with E-state index in [1.165, 1.54) is 0 Å². The number of aliphatic hydroxyl groups is 1. The first kappa shape index (κ1) is 37.3. The van der Waals surface area contributed by atoms with Gasteiger partial charge in [0, 0.05) is 32.1 Å². The molecule has 0 radical (unpaired) electrons. The minimum Gasteiger partial charge on any atom is -0.455 e. The summed E-state index contributed by atoms with van der Waals surface area (Å²) in [5.41, 5.74) is 0. The highest BCUT2D eigenvalue weighted by Crippen LogP contribution is 2.34. The van der Waals surface area contributed by atoms with Crippen molar-refractivity contribution in [1.29, 1.82) is 0 Å². The van der Waals surface area contributed by atoms with E-state index in [1.54, 1.807) is 69.2 Å². The molecule has 1 fully saturated rings. The molecule has 1 aliphatic carbocycles. The first-order valence-corrected chi connectivity index (χ1v) is 15.1. The van der Waals surface area contributed by atoms with Crippen LogP contribution >= 0.6 is 0 Å². The Hall–Kier alpha value is -2.69. The molecule has 1 N–H and O–H groups in total. The maximum atomic E-state index is 13.0. The van der Waals surface area contributed by atoms with Crippen LogP contribution in [0.1, 0.15) is 101 Å². The van der Waals surface area contributed by atoms with Gasteiger partial charge in [-0.25, -0.2) is 0 Å². The molecule has 0 spiro atoms. The molecule has 42 heavy (non-hydrogen) atoms. The van der Waals surface area contributed by atoms with Gasteiger partial charge in [-0.2, -0.15) is 0 Å². The van der Waals surface area contributed by atoms with E-state index in [1.807, 2.05) is 0 Å². The summed E-state index contributed by atoms with van der Waals surface area (Å²) in [6, 6.07) is 0. The lowest BCUT2D eigenvalue weighted by Crippen LogP contribution is -2.68. The molecule has 0 aromatic carbocycles. The van der Waals surface area contributed by atoms with E-state index in [-0.39, 0.29) is 61.7 Å². The van der Waals surface area contributed by atoms with Gasteiger partial charge in [-0.05, 0) is 29.6 Å². The number of carbonyl (C=O) groups is 5. The van der Waals surface area contributed by atoms with Gasteiger partial charge >= 0.3 is 29.8 Å². The van der Waals surface area contributed by atoms with Crippen LogP contribution < -0.4 is 0 Å². The molecule has 1 saturated carbocycles. The van der Waals surface area contributed by atoms with Crippen LogP contribution in [0.5, 0.6) is 0 Å². The SMILES string of the molecule is CC(C)CC(=O)OC1[C@H](OC(=O)CC(C)C)[C@H](OC(=O)CC(C)C)C(O)[C@H](OC(=O)CC(C)C)[C@H]1OC(=O)CC(C)C. The second-order valence-electron chi connectivity index (χ2n) is 13.3. The van der Waals surface area contributed by atoms with Gasteiger partial charge in [-0.15, -0.1) is 0 Å². The highest BCUT2D eigenvalue weighted by atomic mass is 16.7. The van der Waals surface area contributed by atoms with Crippen molar-refractivity contribution < 1.29 is 52.8 Å². The molecule has 0 amide bonds. The maximum Gasteiger partial charge on any atom is 0.306 e. The number of rotatable bonds is 15. The zero-order chi connectivity index (χ0) is 32.3. The van der Waals surface area contributed by atoms with Crippen molar-refractivity contribution in [2.24, 2.45) is 29.6 Å². The predicted molar refractivity (Wildman–Crippen MR) is 153 cm³/mol. The Morgan fingerprint density at radius 3 is 0.762 bits per heavy atom. The summed E-state index contributed by atoms with van der Waals surface area (Å²) in [6.45, 7) is 18.0. The van der Waals surface area contributed by atoms with Crippen molar-refractivity contribution >= 4 is 29.8 Å². The smallest absolute Gasteiger partial charge is 0.306 e. The van der Waals surface area contributed by atoms with Crippen molar-refractivity contribution in [3.05, 3.63) is 0 Å². The van der Waals surface area contributed by atoms with Crippen molar-refractivity contribution in [3.8, 4) is 0 Å². The molecule has 0 heterocycles. The zero-order valence-electron chi connectivity index (χ0n) is 26.9. The van der Waals surface area contributed by atoms with Crippen LogP contribution in [0.2, 0.25) is 0 Å². The number of ether oxygens (including phenoxy) is 5. The molecule has 11 nitrogen and oxygen atoms in total. The lowest BCUT2D eigenvalue weighted by Gasteiger charge is -2.46. The Morgan fingerprint density at radius 1 is 0.405 bits per heavy atom. The van der Waals surface area contributed by atoms with Crippen LogP contribution in [0.4, 0.5) is 0 Å². The third-order valence-corrected chi connectivity index (χ3v) is 6.18. The van der Waals surface area contributed by atoms with Gasteiger partial charge in [0.15, 0.2) is 30.5 Å². The molecule has 2 unspecified atom stereocenters. The standard InChI is InChI=1S/C31H52O11/c1-16(2)11-21(32)38-27-26(37)28(39-22(33)12-17(3)4)30(41-24(35)14-19(7)8)31(42-25(36)15-20(9)10)29(27)40-23(34)13-18(5)6/h16-20,26-31,37H,11-15H2,1-10H3/t26?,27-,28+,29-,30-,31?/m1/s1. The molecule has 0 aliphatic heterocycles. The van der Waals surface area contributed by atoms with Gasteiger partial charge in [0.05, 0.1) is 0 Å². The predicted octanol–water partition coefficient (Wildman–Crippen LogP) is 4.15. The molecule has 0 bridgehead atoms. The zero-order valence-corrected chi connectivity index (χ0v) is 26.9. The largest absolute Gasteiger partial charge is 0.455 e. The van der Waals surface area contributed by atoms with Crippen LogP contribution in [-0.2, 0) is 47.7 Å². The minimum absolute atomic E-state index is 0.0156. The summed E-state index contributed by atoms with van der Waals surface area (Å²) in [7, 11) is 0. The Bertz CT molecular complexity index is 849. The topological polar surface area (TPSA) is 152 Å². The van der Waals surface area contributed by atoms with Gasteiger partial charge < -0.3 is 28.8 Å². The highest BCUT2D eigenvalue weighted by molar-refractivity contribution is 5.73. The van der Waals surface area contributed by atoms with Gasteiger partial charge in [0.2, 0.25) is 0 Å². The molecule has 6 atom stereocenters. The van der Waals surface area contributed by atoms with Crippen molar-refractivity contribution in [2.75, 3.05) is 0 Å². The van der Waals surface area contributed by atoms with E-state index >= 15 is 0 Å². The second-order valence-corrected chi connectivity index (χ2v) is 13.3. The third-order valence-electron chi connectivity index (χ3n) is 6.18. The molecule has 242 valence electrons. The number of hydrogen-bond donors (Lipinski definition) is 1. The van der Waals surface area contributed by atoms with Crippen molar-refractivity contribution in [2.45, 2.75) is 138 Å². The maximum absolute atomic E-state index is 13.0. The van der Waals surface area contributed by atoms with E-state index in [9.17, 15) is 29.1 Å². The summed E-state index contributed by atoms with van der Waals surface area (Å²) in [5.74, 6) is -3.97. The Morgan fingerprint density at radius 2 is 0.571 bits per heavy atom. The highest BCUT2D eigenvalue weighted by Gasteiger charge is 2.59. The molecule has 0 aromatic heterocycles. The average Bonchev–Trinajstić information content (AvgIpc) is 2.78. The normalized spacial score (nSPS) is 24.2. The van der Waals surface area contributed by atoms with E-state index < -0.39 is 66.5 Å². The summed E-state index contributed by atoms with van der Waals surface area (Å²) in [6.07, 6.45) is -9.66. The summed E-state index contributed by atoms with van der Waals surface area (Å²) >= 11 is 0. The van der Waals surface area contributed by atoms with Crippen molar-refractivity contribution in [1.82, 2.24) is 0 Å². The molecular weight excluding hydrogens is 548 g/mol. The average molecular weight is 601 g/mol. The Labute approximate surface area is 250 Å². The van der Waals surface area contributed by atoms with E-state index in [4.69, 9.17) is 23.7 Å². The lowest BCUT2D eigenvalue weighted by atomic mass is 9.83. The number of esters is 5. The third kappa shape index (κ3) is 13.1. The van der Waals surface area contributed by atoms with E-state index in [0.717, 1.165) is 0 Å². The molecule has 0 saturated heterocycles. The summed E-state index contributed by atoms with van der Waals surface area (Å²) in [4.78, 5) is 64.5. The van der Waals surface area contributed by atoms with Crippen LogP contribution in [-0.4, -0.2) is 71.6 Å². The molecular formula is C31H52O11. The quantitative estimate of drug-likeness (QED) is 0.213. The molecule has 1 aliphatic rings. The fraction of sp³-hybridized carbons (Fsp3) is 0.839. The van der Waals surface area contributed by atoms with Crippen LogP contribution in [0, 0.1) is 29.6 Å². The van der Waals surface area contributed by atoms with Crippen molar-refractivity contribution in [3.63, 3.8) is 0 Å². The lowest BCUT2D eigenvalue weighted by molar-refractivity contribution is -0.258.